The number of carbonyl (C=O) groups is 1. The molecule has 166 valence electrons. The third-order valence-corrected chi connectivity index (χ3v) is 7.57. The van der Waals surface area contributed by atoms with E-state index < -0.39 is 15.9 Å². The van der Waals surface area contributed by atoms with Crippen LogP contribution in [0.5, 0.6) is 11.5 Å². The Morgan fingerprint density at radius 3 is 2.44 bits per heavy atom. The van der Waals surface area contributed by atoms with Crippen molar-refractivity contribution in [3.63, 3.8) is 0 Å². The van der Waals surface area contributed by atoms with Gasteiger partial charge in [0, 0.05) is 23.7 Å². The smallest absolute Gasteiger partial charge is 0.255 e. The summed E-state index contributed by atoms with van der Waals surface area (Å²) in [6.45, 7) is 2.73. The van der Waals surface area contributed by atoms with Crippen LogP contribution in [-0.2, 0) is 10.0 Å². The summed E-state index contributed by atoms with van der Waals surface area (Å²) in [4.78, 5) is 13.2. The Morgan fingerprint density at radius 2 is 1.72 bits per heavy atom. The molecule has 0 spiro atoms. The van der Waals surface area contributed by atoms with Crippen LogP contribution in [0.4, 0.5) is 5.69 Å². The molecule has 0 atom stereocenters. The summed E-state index contributed by atoms with van der Waals surface area (Å²) in [5, 5.41) is 3.23. The fraction of sp³-hybridized carbons (Fsp3) is 0.208. The van der Waals surface area contributed by atoms with E-state index in [1.54, 1.807) is 49.4 Å². The second-order valence-corrected chi connectivity index (χ2v) is 9.94. The van der Waals surface area contributed by atoms with Gasteiger partial charge in [-0.2, -0.15) is 4.31 Å². The standard InChI is InChI=1S/C24H23ClN2O4S/c1-17-9-10-18(15-23(17)32(29,30)27-13-5-6-14-27)24(28)26-21-16-19(25)11-12-22(21)31-20-7-3-2-4-8-20/h2-4,7-12,15-16H,5-6,13-14H2,1H3,(H,26,28). The summed E-state index contributed by atoms with van der Waals surface area (Å²) >= 11 is 6.14. The zero-order valence-electron chi connectivity index (χ0n) is 17.5. The molecule has 1 aliphatic heterocycles. The van der Waals surface area contributed by atoms with E-state index in [-0.39, 0.29) is 10.5 Å². The molecule has 0 aliphatic carbocycles. The van der Waals surface area contributed by atoms with E-state index in [0.717, 1.165) is 12.8 Å². The SMILES string of the molecule is Cc1ccc(C(=O)Nc2cc(Cl)ccc2Oc2ccccc2)cc1S(=O)(=O)N1CCCC1. The highest BCUT2D eigenvalue weighted by atomic mass is 35.5. The number of rotatable bonds is 6. The number of nitrogens with zero attached hydrogens (tertiary/aromatic N) is 1. The third kappa shape index (κ3) is 4.80. The minimum absolute atomic E-state index is 0.152. The maximum Gasteiger partial charge on any atom is 0.255 e. The van der Waals surface area contributed by atoms with Crippen molar-refractivity contribution in [1.82, 2.24) is 4.31 Å². The summed E-state index contributed by atoms with van der Waals surface area (Å²) in [6, 6.07) is 18.8. The van der Waals surface area contributed by atoms with Crippen molar-refractivity contribution >= 4 is 33.2 Å². The van der Waals surface area contributed by atoms with E-state index >= 15 is 0 Å². The minimum Gasteiger partial charge on any atom is -0.455 e. The number of aryl methyl sites for hydroxylation is 1. The molecule has 0 bridgehead atoms. The number of benzene rings is 3. The van der Waals surface area contributed by atoms with Gasteiger partial charge in [0.2, 0.25) is 10.0 Å². The van der Waals surface area contributed by atoms with Gasteiger partial charge in [0.25, 0.3) is 5.91 Å². The van der Waals surface area contributed by atoms with Crippen LogP contribution >= 0.6 is 11.6 Å². The number of sulfonamides is 1. The lowest BCUT2D eigenvalue weighted by molar-refractivity contribution is 0.102. The highest BCUT2D eigenvalue weighted by Crippen LogP contribution is 2.33. The lowest BCUT2D eigenvalue weighted by Gasteiger charge is -2.18. The lowest BCUT2D eigenvalue weighted by atomic mass is 10.1. The molecule has 32 heavy (non-hydrogen) atoms. The summed E-state index contributed by atoms with van der Waals surface area (Å²) in [5.41, 5.74) is 1.22. The predicted molar refractivity (Wildman–Crippen MR) is 125 cm³/mol. The topological polar surface area (TPSA) is 75.7 Å². The number of anilines is 1. The highest BCUT2D eigenvalue weighted by molar-refractivity contribution is 7.89. The van der Waals surface area contributed by atoms with Crippen molar-refractivity contribution in [2.45, 2.75) is 24.7 Å². The minimum atomic E-state index is -3.65. The Kier molecular flexibility index (Phi) is 6.50. The molecule has 8 heteroatoms. The summed E-state index contributed by atoms with van der Waals surface area (Å²) in [5.74, 6) is 0.577. The number of hydrogen-bond acceptors (Lipinski definition) is 4. The molecule has 6 nitrogen and oxygen atoms in total. The van der Waals surface area contributed by atoms with Gasteiger partial charge in [0.1, 0.15) is 5.75 Å². The Balaban J connectivity index is 1.62. The molecule has 1 N–H and O–H groups in total. The molecule has 0 aromatic heterocycles. The Hall–Kier alpha value is -2.87. The molecule has 0 radical (unpaired) electrons. The molecule has 3 aromatic rings. The first-order valence-electron chi connectivity index (χ1n) is 10.3. The van der Waals surface area contributed by atoms with Crippen molar-refractivity contribution in [3.8, 4) is 11.5 Å². The first kappa shape index (κ1) is 22.3. The van der Waals surface area contributed by atoms with E-state index in [2.05, 4.69) is 5.32 Å². The van der Waals surface area contributed by atoms with Crippen molar-refractivity contribution in [2.75, 3.05) is 18.4 Å². The van der Waals surface area contributed by atoms with Gasteiger partial charge in [-0.3, -0.25) is 4.79 Å². The maximum absolute atomic E-state index is 13.0. The van der Waals surface area contributed by atoms with Crippen LogP contribution in [0.2, 0.25) is 5.02 Å². The number of ether oxygens (including phenoxy) is 1. The van der Waals surface area contributed by atoms with Crippen LogP contribution in [-0.4, -0.2) is 31.7 Å². The van der Waals surface area contributed by atoms with Gasteiger partial charge in [-0.15, -0.1) is 0 Å². The zero-order chi connectivity index (χ0) is 22.7. The van der Waals surface area contributed by atoms with Crippen molar-refractivity contribution in [3.05, 3.63) is 82.9 Å². The van der Waals surface area contributed by atoms with E-state index in [1.165, 1.54) is 10.4 Å². The average molecular weight is 471 g/mol. The predicted octanol–water partition coefficient (Wildman–Crippen LogP) is 5.48. The van der Waals surface area contributed by atoms with Crippen molar-refractivity contribution < 1.29 is 17.9 Å². The maximum atomic E-state index is 13.0. The van der Waals surface area contributed by atoms with Crippen LogP contribution in [0.3, 0.4) is 0 Å². The molecular formula is C24H23ClN2O4S. The molecule has 1 fully saturated rings. The van der Waals surface area contributed by atoms with Gasteiger partial charge < -0.3 is 10.1 Å². The van der Waals surface area contributed by atoms with Crippen LogP contribution in [0.1, 0.15) is 28.8 Å². The van der Waals surface area contributed by atoms with Crippen LogP contribution < -0.4 is 10.1 Å². The number of carbonyl (C=O) groups excluding carboxylic acids is 1. The number of halogens is 1. The molecular weight excluding hydrogens is 448 g/mol. The molecule has 1 heterocycles. The van der Waals surface area contributed by atoms with Gasteiger partial charge >= 0.3 is 0 Å². The fourth-order valence-electron chi connectivity index (χ4n) is 3.59. The Labute approximate surface area is 192 Å². The van der Waals surface area contributed by atoms with Crippen LogP contribution in [0.25, 0.3) is 0 Å². The monoisotopic (exact) mass is 470 g/mol. The largest absolute Gasteiger partial charge is 0.455 e. The van der Waals surface area contributed by atoms with Crippen molar-refractivity contribution in [2.24, 2.45) is 0 Å². The molecule has 1 saturated heterocycles. The quantitative estimate of drug-likeness (QED) is 0.517. The van der Waals surface area contributed by atoms with Gasteiger partial charge in [0.15, 0.2) is 5.75 Å². The highest BCUT2D eigenvalue weighted by Gasteiger charge is 2.29. The molecule has 1 aliphatic rings. The normalized spacial score (nSPS) is 14.3. The Bertz CT molecular complexity index is 1240. The number of hydrogen-bond donors (Lipinski definition) is 1. The van der Waals surface area contributed by atoms with Crippen LogP contribution in [0.15, 0.2) is 71.6 Å². The first-order valence-corrected chi connectivity index (χ1v) is 12.1. The molecule has 0 saturated carbocycles. The van der Waals surface area contributed by atoms with Crippen LogP contribution in [0, 0.1) is 6.92 Å². The lowest BCUT2D eigenvalue weighted by Crippen LogP contribution is -2.28. The van der Waals surface area contributed by atoms with Gasteiger partial charge in [0.05, 0.1) is 10.6 Å². The van der Waals surface area contributed by atoms with Crippen molar-refractivity contribution in [1.29, 1.82) is 0 Å². The third-order valence-electron chi connectivity index (χ3n) is 5.29. The fourth-order valence-corrected chi connectivity index (χ4v) is 5.53. The second-order valence-electron chi connectivity index (χ2n) is 7.60. The first-order chi connectivity index (χ1) is 15.3. The van der Waals surface area contributed by atoms with E-state index in [9.17, 15) is 13.2 Å². The van der Waals surface area contributed by atoms with E-state index in [0.29, 0.717) is 40.9 Å². The molecule has 3 aromatic carbocycles. The average Bonchev–Trinajstić information content (AvgIpc) is 3.32. The molecule has 1 amide bonds. The number of amides is 1. The summed E-state index contributed by atoms with van der Waals surface area (Å²) in [6.07, 6.45) is 1.69. The molecule has 4 rings (SSSR count). The molecule has 0 unspecified atom stereocenters. The summed E-state index contributed by atoms with van der Waals surface area (Å²) in [7, 11) is -3.65. The number of para-hydroxylation sites is 1. The van der Waals surface area contributed by atoms with E-state index in [4.69, 9.17) is 16.3 Å². The van der Waals surface area contributed by atoms with Gasteiger partial charge in [-0.25, -0.2) is 8.42 Å². The zero-order valence-corrected chi connectivity index (χ0v) is 19.1. The Morgan fingerprint density at radius 1 is 1.00 bits per heavy atom. The second kappa shape index (κ2) is 9.32. The summed E-state index contributed by atoms with van der Waals surface area (Å²) < 4.78 is 33.5. The van der Waals surface area contributed by atoms with Gasteiger partial charge in [-0.1, -0.05) is 35.9 Å². The van der Waals surface area contributed by atoms with E-state index in [1.807, 2.05) is 18.2 Å². The number of nitrogens with one attached hydrogen (secondary N) is 1. The van der Waals surface area contributed by atoms with Gasteiger partial charge in [-0.05, 0) is 67.8 Å².